The van der Waals surface area contributed by atoms with Crippen molar-refractivity contribution >= 4 is 63.8 Å². The summed E-state index contributed by atoms with van der Waals surface area (Å²) < 4.78 is 15.2. The van der Waals surface area contributed by atoms with E-state index in [0.717, 1.165) is 33.6 Å². The maximum atomic E-state index is 13.8. The molecule has 1 aromatic heterocycles. The fraction of sp³-hybridized carbons (Fsp3) is 0.172. The van der Waals surface area contributed by atoms with E-state index in [9.17, 15) is 23.6 Å². The molecule has 1 saturated heterocycles. The van der Waals surface area contributed by atoms with Crippen molar-refractivity contribution in [2.75, 3.05) is 10.2 Å². The van der Waals surface area contributed by atoms with Crippen molar-refractivity contribution in [3.8, 4) is 0 Å². The molecule has 6 rings (SSSR count). The summed E-state index contributed by atoms with van der Waals surface area (Å²) in [6, 6.07) is 19.4. The number of aryl methyl sites for hydroxylation is 1. The average molecular weight is 594 g/mol. The van der Waals surface area contributed by atoms with Gasteiger partial charge in [-0.3, -0.25) is 23.7 Å². The summed E-state index contributed by atoms with van der Waals surface area (Å²) >= 11 is 8.08. The van der Waals surface area contributed by atoms with Crippen molar-refractivity contribution < 1.29 is 18.8 Å². The van der Waals surface area contributed by atoms with Crippen LogP contribution in [0.2, 0.25) is 5.02 Å². The monoisotopic (exact) mass is 593 g/mol. The molecule has 0 spiro atoms. The van der Waals surface area contributed by atoms with Crippen LogP contribution < -0.4 is 15.1 Å². The Morgan fingerprint density at radius 2 is 1.73 bits per heavy atom. The van der Waals surface area contributed by atoms with Crippen LogP contribution in [-0.2, 0) is 20.9 Å². The number of carbonyl (C=O) groups excluding carboxylic acids is 3. The van der Waals surface area contributed by atoms with Gasteiger partial charge in [0.1, 0.15) is 17.6 Å². The smallest absolute Gasteiger partial charge is 0.308 e. The summed E-state index contributed by atoms with van der Waals surface area (Å²) in [5, 5.41) is 2.90. The minimum Gasteiger partial charge on any atom is -0.325 e. The minimum atomic E-state index is -0.842. The van der Waals surface area contributed by atoms with Crippen molar-refractivity contribution in [2.24, 2.45) is 5.92 Å². The van der Waals surface area contributed by atoms with Gasteiger partial charge in [-0.2, -0.15) is 0 Å². The van der Waals surface area contributed by atoms with Gasteiger partial charge in [0.05, 0.1) is 16.6 Å². The molecule has 2 aliphatic heterocycles. The number of halogens is 2. The lowest BCUT2D eigenvalue weighted by Gasteiger charge is -2.30. The topological polar surface area (TPSA) is 88.5 Å². The van der Waals surface area contributed by atoms with Gasteiger partial charge in [0.25, 0.3) is 0 Å². The molecule has 3 aromatic carbocycles. The molecule has 1 N–H and O–H groups in total. The molecular weight excluding hydrogens is 573 g/mol. The van der Waals surface area contributed by atoms with Crippen molar-refractivity contribution in [1.29, 1.82) is 0 Å². The van der Waals surface area contributed by atoms with Gasteiger partial charge in [0.15, 0.2) is 0 Å². The average Bonchev–Trinajstić information content (AvgIpc) is 3.36. The molecule has 4 aromatic rings. The first-order valence-electron chi connectivity index (χ1n) is 12.4. The second kappa shape index (κ2) is 10.3. The third-order valence-corrected chi connectivity index (χ3v) is 9.82. The van der Waals surface area contributed by atoms with Crippen LogP contribution in [0.5, 0.6) is 0 Å². The highest BCUT2D eigenvalue weighted by atomic mass is 35.5. The number of thiazole rings is 1. The van der Waals surface area contributed by atoms with E-state index < -0.39 is 40.6 Å². The van der Waals surface area contributed by atoms with Crippen LogP contribution in [0.4, 0.5) is 15.8 Å². The van der Waals surface area contributed by atoms with Crippen LogP contribution >= 0.6 is 34.7 Å². The van der Waals surface area contributed by atoms with E-state index in [4.69, 9.17) is 11.6 Å². The zero-order valence-corrected chi connectivity index (χ0v) is 23.4. The van der Waals surface area contributed by atoms with Gasteiger partial charge in [0, 0.05) is 21.5 Å². The number of benzene rings is 3. The molecule has 11 heteroatoms. The Kier molecular flexibility index (Phi) is 6.85. The number of nitrogens with zero attached hydrogens (tertiary/aromatic N) is 2. The highest BCUT2D eigenvalue weighted by Gasteiger charge is 2.56. The third kappa shape index (κ3) is 4.66. The summed E-state index contributed by atoms with van der Waals surface area (Å²) in [7, 11) is 0. The predicted octanol–water partition coefficient (Wildman–Crippen LogP) is 5.45. The molecule has 0 saturated carbocycles. The Morgan fingerprint density at radius 3 is 2.42 bits per heavy atom. The maximum Gasteiger partial charge on any atom is 0.308 e. The number of imide groups is 1. The summed E-state index contributed by atoms with van der Waals surface area (Å²) in [4.78, 5) is 55.1. The highest BCUT2D eigenvalue weighted by molar-refractivity contribution is 8.00. The number of carbonyl (C=O) groups is 3. The van der Waals surface area contributed by atoms with Gasteiger partial charge in [-0.25, -0.2) is 9.29 Å². The number of aromatic nitrogens is 1. The first-order valence-corrected chi connectivity index (χ1v) is 14.4. The van der Waals surface area contributed by atoms with Gasteiger partial charge in [-0.15, -0.1) is 0 Å². The summed E-state index contributed by atoms with van der Waals surface area (Å²) in [6.45, 7) is 1.65. The Balaban J connectivity index is 1.41. The molecule has 3 atom stereocenters. The Bertz CT molecular complexity index is 1720. The SMILES string of the molecule is Cc1cccc(NC(=O)Cn2c3c(sc2=O)[C@H](c2ccc(F)cc2)C2C(=O)N(c4ccc(Cl)cc4)C(=O)C2S3)c1. The van der Waals surface area contributed by atoms with Crippen molar-refractivity contribution in [1.82, 2.24) is 4.57 Å². The molecule has 40 heavy (non-hydrogen) atoms. The number of hydrogen-bond donors (Lipinski definition) is 1. The van der Waals surface area contributed by atoms with Gasteiger partial charge in [0.2, 0.25) is 17.7 Å². The van der Waals surface area contributed by atoms with E-state index in [0.29, 0.717) is 31.9 Å². The van der Waals surface area contributed by atoms with Crippen molar-refractivity contribution in [3.05, 3.63) is 109 Å². The van der Waals surface area contributed by atoms with Crippen molar-refractivity contribution in [2.45, 2.75) is 29.7 Å². The number of amides is 3. The Hall–Kier alpha value is -3.73. The standard InChI is InChI=1S/C29H21ClFN3O4S2/c1-15-3-2-4-19(13-15)32-21(35)14-33-28-25(40-29(33)38)22(16-5-9-18(31)10-6-16)23-24(39-28)27(37)34(26(23)36)20-11-7-17(30)8-12-20/h2-13,22-24H,14H2,1H3,(H,32,35)/t22-,23?,24?/m1/s1. The largest absolute Gasteiger partial charge is 0.325 e. The number of nitrogens with one attached hydrogen (secondary N) is 1. The molecule has 2 aliphatic rings. The molecule has 0 bridgehead atoms. The predicted molar refractivity (Wildman–Crippen MR) is 154 cm³/mol. The molecule has 0 radical (unpaired) electrons. The second-order valence-electron chi connectivity index (χ2n) is 9.62. The lowest BCUT2D eigenvalue weighted by atomic mass is 9.83. The van der Waals surface area contributed by atoms with Crippen molar-refractivity contribution in [3.63, 3.8) is 0 Å². The molecule has 1 fully saturated rings. The Labute approximate surface area is 241 Å². The number of rotatable bonds is 5. The lowest BCUT2D eigenvalue weighted by molar-refractivity contribution is -0.122. The second-order valence-corrected chi connectivity index (χ2v) is 12.2. The van der Waals surface area contributed by atoms with Gasteiger partial charge >= 0.3 is 4.87 Å². The Morgan fingerprint density at radius 1 is 1.00 bits per heavy atom. The van der Waals surface area contributed by atoms with Gasteiger partial charge in [-0.05, 0) is 66.6 Å². The summed E-state index contributed by atoms with van der Waals surface area (Å²) in [6.07, 6.45) is 0. The van der Waals surface area contributed by atoms with E-state index in [1.165, 1.54) is 16.7 Å². The van der Waals surface area contributed by atoms with Crippen LogP contribution in [0, 0.1) is 18.7 Å². The van der Waals surface area contributed by atoms with Crippen LogP contribution in [0.1, 0.15) is 21.9 Å². The first kappa shape index (κ1) is 26.5. The lowest BCUT2D eigenvalue weighted by Crippen LogP contribution is -2.33. The van der Waals surface area contributed by atoms with Crippen LogP contribution in [0.3, 0.4) is 0 Å². The highest BCUT2D eigenvalue weighted by Crippen LogP contribution is 2.53. The normalized spacial score (nSPS) is 19.9. The van der Waals surface area contributed by atoms with E-state index in [1.54, 1.807) is 42.5 Å². The summed E-state index contributed by atoms with van der Waals surface area (Å²) in [5.74, 6) is -3.16. The molecule has 0 aliphatic carbocycles. The molecule has 3 amide bonds. The van der Waals surface area contributed by atoms with E-state index >= 15 is 0 Å². The quantitative estimate of drug-likeness (QED) is 0.311. The van der Waals surface area contributed by atoms with Crippen LogP contribution in [0.15, 0.2) is 82.6 Å². The molecule has 2 unspecified atom stereocenters. The number of anilines is 2. The molecule has 202 valence electrons. The maximum absolute atomic E-state index is 13.8. The molecule has 3 heterocycles. The van der Waals surface area contributed by atoms with Gasteiger partial charge in [-0.1, -0.05) is 59.0 Å². The fourth-order valence-electron chi connectivity index (χ4n) is 5.20. The van der Waals surface area contributed by atoms with Crippen LogP contribution in [0.25, 0.3) is 0 Å². The van der Waals surface area contributed by atoms with E-state index in [-0.39, 0.29) is 11.4 Å². The van der Waals surface area contributed by atoms with Gasteiger partial charge < -0.3 is 5.32 Å². The number of hydrogen-bond acceptors (Lipinski definition) is 6. The minimum absolute atomic E-state index is 0.262. The van der Waals surface area contributed by atoms with E-state index in [2.05, 4.69) is 5.32 Å². The zero-order valence-electron chi connectivity index (χ0n) is 21.0. The number of fused-ring (bicyclic) bond motifs is 2. The van der Waals surface area contributed by atoms with E-state index in [1.807, 2.05) is 25.1 Å². The first-order chi connectivity index (χ1) is 19.2. The molecule has 7 nitrogen and oxygen atoms in total. The summed E-state index contributed by atoms with van der Waals surface area (Å²) in [5.41, 5.74) is 2.58. The number of thioether (sulfide) groups is 1. The fourth-order valence-corrected chi connectivity index (χ4v) is 8.10. The molecular formula is C29H21ClFN3O4S2. The van der Waals surface area contributed by atoms with Crippen LogP contribution in [-0.4, -0.2) is 27.5 Å². The zero-order chi connectivity index (χ0) is 28.1. The third-order valence-electron chi connectivity index (χ3n) is 6.97.